The van der Waals surface area contributed by atoms with Crippen molar-refractivity contribution < 1.29 is 9.53 Å². The van der Waals surface area contributed by atoms with Gasteiger partial charge in [-0.25, -0.2) is 0 Å². The third kappa shape index (κ3) is 1.99. The van der Waals surface area contributed by atoms with Gasteiger partial charge in [-0.2, -0.15) is 0 Å². The summed E-state index contributed by atoms with van der Waals surface area (Å²) in [7, 11) is 0. The number of fused-ring (bicyclic) bond motifs is 2. The molecule has 1 amide bonds. The second-order valence-corrected chi connectivity index (χ2v) is 6.26. The average molecular weight is 237 g/mol. The van der Waals surface area contributed by atoms with Gasteiger partial charge in [0.1, 0.15) is 0 Å². The van der Waals surface area contributed by atoms with Crippen LogP contribution < -0.4 is 0 Å². The third-order valence-corrected chi connectivity index (χ3v) is 4.95. The Balaban J connectivity index is 1.69. The molecule has 0 radical (unpaired) electrons. The maximum absolute atomic E-state index is 12.6. The molecular weight excluding hydrogens is 214 g/mol. The summed E-state index contributed by atoms with van der Waals surface area (Å²) >= 11 is 0. The Hall–Kier alpha value is -0.570. The fourth-order valence-corrected chi connectivity index (χ4v) is 3.97. The van der Waals surface area contributed by atoms with E-state index in [2.05, 4.69) is 18.7 Å². The fourth-order valence-electron chi connectivity index (χ4n) is 3.97. The maximum Gasteiger partial charge on any atom is 0.226 e. The molecule has 2 saturated carbocycles. The Morgan fingerprint density at radius 1 is 1.24 bits per heavy atom. The van der Waals surface area contributed by atoms with Crippen molar-refractivity contribution in [1.29, 1.82) is 0 Å². The first-order valence-corrected chi connectivity index (χ1v) is 7.07. The van der Waals surface area contributed by atoms with Crippen LogP contribution in [0.3, 0.4) is 0 Å². The Kier molecular flexibility index (Phi) is 2.89. The molecule has 3 heteroatoms. The lowest BCUT2D eigenvalue weighted by Crippen LogP contribution is -2.52. The highest BCUT2D eigenvalue weighted by Crippen LogP contribution is 2.49. The van der Waals surface area contributed by atoms with Crippen LogP contribution in [0.4, 0.5) is 0 Å². The largest absolute Gasteiger partial charge is 0.375 e. The Bertz CT molecular complexity index is 317. The van der Waals surface area contributed by atoms with Gasteiger partial charge in [0.2, 0.25) is 5.91 Å². The minimum Gasteiger partial charge on any atom is -0.375 e. The molecule has 1 heterocycles. The molecule has 0 N–H and O–H groups in total. The van der Waals surface area contributed by atoms with Gasteiger partial charge in [-0.3, -0.25) is 4.79 Å². The molecule has 0 aromatic rings. The van der Waals surface area contributed by atoms with E-state index in [0.717, 1.165) is 18.9 Å². The lowest BCUT2D eigenvalue weighted by Gasteiger charge is -2.39. The minimum atomic E-state index is 0.203. The Morgan fingerprint density at radius 3 is 2.71 bits per heavy atom. The number of morpholine rings is 1. The van der Waals surface area contributed by atoms with Gasteiger partial charge in [-0.15, -0.1) is 0 Å². The van der Waals surface area contributed by atoms with E-state index in [0.29, 0.717) is 24.3 Å². The molecule has 3 nitrogen and oxygen atoms in total. The molecule has 5 atom stereocenters. The van der Waals surface area contributed by atoms with Gasteiger partial charge in [-0.1, -0.05) is 6.42 Å². The van der Waals surface area contributed by atoms with E-state index in [4.69, 9.17) is 4.74 Å². The summed E-state index contributed by atoms with van der Waals surface area (Å²) in [5.41, 5.74) is 0. The van der Waals surface area contributed by atoms with Crippen LogP contribution in [0, 0.1) is 17.8 Å². The Labute approximate surface area is 104 Å². The van der Waals surface area contributed by atoms with Crippen molar-refractivity contribution in [2.45, 2.75) is 51.7 Å². The average Bonchev–Trinajstić information content (AvgIpc) is 2.93. The maximum atomic E-state index is 12.6. The van der Waals surface area contributed by atoms with Gasteiger partial charge >= 0.3 is 0 Å². The molecule has 3 rings (SSSR count). The molecule has 17 heavy (non-hydrogen) atoms. The predicted octanol–water partition coefficient (Wildman–Crippen LogP) is 2.06. The first-order chi connectivity index (χ1) is 8.15. The van der Waals surface area contributed by atoms with Crippen molar-refractivity contribution in [1.82, 2.24) is 4.90 Å². The molecule has 2 aliphatic carbocycles. The molecule has 0 aromatic carbocycles. The van der Waals surface area contributed by atoms with Crippen molar-refractivity contribution >= 4 is 5.91 Å². The van der Waals surface area contributed by atoms with Crippen LogP contribution in [0.15, 0.2) is 0 Å². The number of carbonyl (C=O) groups excluding carboxylic acids is 1. The number of rotatable bonds is 1. The van der Waals surface area contributed by atoms with Crippen LogP contribution in [0.2, 0.25) is 0 Å². The highest BCUT2D eigenvalue weighted by atomic mass is 16.5. The number of amides is 1. The number of hydrogen-bond acceptors (Lipinski definition) is 2. The summed E-state index contributed by atoms with van der Waals surface area (Å²) in [4.78, 5) is 14.7. The van der Waals surface area contributed by atoms with Crippen LogP contribution >= 0.6 is 0 Å². The van der Waals surface area contributed by atoms with E-state index in [1.807, 2.05) is 0 Å². The molecule has 0 aromatic heterocycles. The zero-order valence-corrected chi connectivity index (χ0v) is 10.9. The molecule has 0 spiro atoms. The number of ether oxygens (including phenoxy) is 1. The molecular formula is C14H23NO2. The molecule has 1 saturated heterocycles. The van der Waals surface area contributed by atoms with Crippen LogP contribution in [-0.4, -0.2) is 36.1 Å². The summed E-state index contributed by atoms with van der Waals surface area (Å²) in [6.45, 7) is 5.66. The molecule has 3 fully saturated rings. The normalized spacial score (nSPS) is 45.3. The molecule has 5 unspecified atom stereocenters. The molecule has 96 valence electrons. The van der Waals surface area contributed by atoms with Crippen molar-refractivity contribution in [3.8, 4) is 0 Å². The monoisotopic (exact) mass is 237 g/mol. The zero-order chi connectivity index (χ0) is 12.0. The second-order valence-electron chi connectivity index (χ2n) is 6.26. The summed E-state index contributed by atoms with van der Waals surface area (Å²) in [5.74, 6) is 2.29. The summed E-state index contributed by atoms with van der Waals surface area (Å²) in [6, 6.07) is 0.262. The van der Waals surface area contributed by atoms with Crippen molar-refractivity contribution in [3.63, 3.8) is 0 Å². The van der Waals surface area contributed by atoms with E-state index in [1.165, 1.54) is 19.3 Å². The lowest BCUT2D eigenvalue weighted by atomic mass is 9.87. The third-order valence-electron chi connectivity index (χ3n) is 4.95. The molecule has 1 aliphatic heterocycles. The van der Waals surface area contributed by atoms with Gasteiger partial charge < -0.3 is 9.64 Å². The van der Waals surface area contributed by atoms with Crippen LogP contribution in [0.25, 0.3) is 0 Å². The van der Waals surface area contributed by atoms with Gasteiger partial charge in [-0.05, 0) is 44.9 Å². The van der Waals surface area contributed by atoms with Gasteiger partial charge in [0.25, 0.3) is 0 Å². The highest BCUT2D eigenvalue weighted by molar-refractivity contribution is 5.80. The Morgan fingerprint density at radius 2 is 2.06 bits per heavy atom. The topological polar surface area (TPSA) is 29.5 Å². The van der Waals surface area contributed by atoms with Crippen molar-refractivity contribution in [2.75, 3.05) is 13.2 Å². The van der Waals surface area contributed by atoms with Gasteiger partial charge in [0, 0.05) is 12.5 Å². The summed E-state index contributed by atoms with van der Waals surface area (Å²) in [6.07, 6.45) is 5.32. The SMILES string of the molecule is CC1CN(C(=O)C2CC3CCC2C3)C(C)CO1. The molecule has 2 bridgehead atoms. The standard InChI is InChI=1S/C14H23NO2/c1-9-8-17-10(2)7-15(9)14(16)13-6-11-3-4-12(13)5-11/h9-13H,3-8H2,1-2H3. The first kappa shape index (κ1) is 11.5. The first-order valence-electron chi connectivity index (χ1n) is 7.07. The van der Waals surface area contributed by atoms with E-state index >= 15 is 0 Å². The lowest BCUT2D eigenvalue weighted by molar-refractivity contribution is -0.149. The van der Waals surface area contributed by atoms with Gasteiger partial charge in [0.15, 0.2) is 0 Å². The quantitative estimate of drug-likeness (QED) is 0.698. The molecule has 3 aliphatic rings. The number of nitrogens with zero attached hydrogens (tertiary/aromatic N) is 1. The van der Waals surface area contributed by atoms with Crippen molar-refractivity contribution in [3.05, 3.63) is 0 Å². The number of carbonyl (C=O) groups is 1. The smallest absolute Gasteiger partial charge is 0.226 e. The zero-order valence-electron chi connectivity index (χ0n) is 10.9. The van der Waals surface area contributed by atoms with E-state index in [1.54, 1.807) is 0 Å². The van der Waals surface area contributed by atoms with Crippen molar-refractivity contribution in [2.24, 2.45) is 17.8 Å². The van der Waals surface area contributed by atoms with E-state index < -0.39 is 0 Å². The highest BCUT2D eigenvalue weighted by Gasteiger charge is 2.45. The fraction of sp³-hybridized carbons (Fsp3) is 0.929. The van der Waals surface area contributed by atoms with Crippen LogP contribution in [0.1, 0.15) is 39.5 Å². The minimum absolute atomic E-state index is 0.203. The number of hydrogen-bond donors (Lipinski definition) is 0. The van der Waals surface area contributed by atoms with E-state index in [-0.39, 0.29) is 12.1 Å². The van der Waals surface area contributed by atoms with Gasteiger partial charge in [0.05, 0.1) is 18.8 Å². The van der Waals surface area contributed by atoms with E-state index in [9.17, 15) is 4.79 Å². The second kappa shape index (κ2) is 4.27. The van der Waals surface area contributed by atoms with Crippen LogP contribution in [-0.2, 0) is 9.53 Å². The summed E-state index contributed by atoms with van der Waals surface area (Å²) < 4.78 is 5.60. The van der Waals surface area contributed by atoms with Crippen LogP contribution in [0.5, 0.6) is 0 Å². The predicted molar refractivity (Wildman–Crippen MR) is 65.5 cm³/mol. The summed E-state index contributed by atoms with van der Waals surface area (Å²) in [5, 5.41) is 0.